The number of pyridine rings is 1. The molecular weight excluding hydrogens is 470 g/mol. The van der Waals surface area contributed by atoms with Crippen molar-refractivity contribution in [1.82, 2.24) is 24.7 Å². The van der Waals surface area contributed by atoms with Gasteiger partial charge in [0.2, 0.25) is 11.9 Å². The Morgan fingerprint density at radius 3 is 2.34 bits per heavy atom. The average Bonchev–Trinajstić information content (AvgIpc) is 2.86. The zero-order chi connectivity index (χ0) is 24.7. The number of rotatable bonds is 9. The second-order valence-corrected chi connectivity index (χ2v) is 9.05. The van der Waals surface area contributed by atoms with Gasteiger partial charge in [0.15, 0.2) is 0 Å². The SMILES string of the molecule is O=C(CCCn1nc(-c2ccncc2)ccc1=O)Nc1ccc(S(=O)(=O)Nc2ncccn2)cc1. The highest BCUT2D eigenvalue weighted by Crippen LogP contribution is 2.17. The molecule has 0 saturated heterocycles. The Hall–Kier alpha value is -4.45. The number of aromatic nitrogens is 5. The standard InChI is InChI=1S/C23H21N7O4S/c31-21(3-1-16-30-22(32)9-8-20(28-30)17-10-14-24-15-11-17)27-18-4-6-19(7-5-18)35(33,34)29-23-25-12-2-13-26-23/h2,4-15H,1,3,16H2,(H,27,31)(H,25,26,29). The van der Waals surface area contributed by atoms with E-state index in [-0.39, 0.29) is 35.3 Å². The summed E-state index contributed by atoms with van der Waals surface area (Å²) in [7, 11) is -3.86. The number of benzene rings is 1. The van der Waals surface area contributed by atoms with Gasteiger partial charge in [-0.25, -0.2) is 27.8 Å². The van der Waals surface area contributed by atoms with Crippen molar-refractivity contribution in [2.75, 3.05) is 10.0 Å². The zero-order valence-electron chi connectivity index (χ0n) is 18.4. The molecule has 0 fully saturated rings. The number of nitrogens with zero attached hydrogens (tertiary/aromatic N) is 5. The fourth-order valence-electron chi connectivity index (χ4n) is 3.15. The Morgan fingerprint density at radius 1 is 0.914 bits per heavy atom. The Bertz CT molecular complexity index is 1460. The molecule has 0 aliphatic heterocycles. The van der Waals surface area contributed by atoms with Crippen molar-refractivity contribution in [2.45, 2.75) is 24.3 Å². The molecule has 0 bridgehead atoms. The van der Waals surface area contributed by atoms with Gasteiger partial charge in [0.05, 0.1) is 10.6 Å². The van der Waals surface area contributed by atoms with Crippen LogP contribution in [0.15, 0.2) is 89.1 Å². The van der Waals surface area contributed by atoms with Crippen molar-refractivity contribution in [3.63, 3.8) is 0 Å². The van der Waals surface area contributed by atoms with Gasteiger partial charge in [-0.1, -0.05) is 0 Å². The van der Waals surface area contributed by atoms with E-state index in [1.807, 2.05) is 0 Å². The third-order valence-corrected chi connectivity index (χ3v) is 6.20. The molecule has 4 rings (SSSR count). The number of amides is 1. The van der Waals surface area contributed by atoms with Gasteiger partial charge in [-0.15, -0.1) is 0 Å². The topological polar surface area (TPSA) is 149 Å². The second-order valence-electron chi connectivity index (χ2n) is 7.37. The molecular formula is C23H21N7O4S. The lowest BCUT2D eigenvalue weighted by Crippen LogP contribution is -2.23. The molecule has 0 radical (unpaired) electrons. The number of hydrogen-bond donors (Lipinski definition) is 2. The van der Waals surface area contributed by atoms with E-state index in [1.54, 1.807) is 36.7 Å². The summed E-state index contributed by atoms with van der Waals surface area (Å²) in [6.07, 6.45) is 6.69. The first-order chi connectivity index (χ1) is 16.9. The van der Waals surface area contributed by atoms with Crippen LogP contribution in [0.5, 0.6) is 0 Å². The first-order valence-electron chi connectivity index (χ1n) is 10.6. The molecule has 0 saturated carbocycles. The first-order valence-corrected chi connectivity index (χ1v) is 12.1. The number of sulfonamides is 1. The summed E-state index contributed by atoms with van der Waals surface area (Å²) in [5.74, 6) is -0.306. The van der Waals surface area contributed by atoms with Crippen molar-refractivity contribution < 1.29 is 13.2 Å². The molecule has 1 amide bonds. The van der Waals surface area contributed by atoms with Crippen molar-refractivity contribution >= 4 is 27.6 Å². The van der Waals surface area contributed by atoms with E-state index < -0.39 is 10.0 Å². The predicted octanol–water partition coefficient (Wildman–Crippen LogP) is 2.32. The molecule has 12 heteroatoms. The summed E-state index contributed by atoms with van der Waals surface area (Å²) >= 11 is 0. The monoisotopic (exact) mass is 491 g/mol. The molecule has 3 aromatic heterocycles. The van der Waals surface area contributed by atoms with Gasteiger partial charge >= 0.3 is 0 Å². The van der Waals surface area contributed by atoms with Gasteiger partial charge in [-0.3, -0.25) is 14.6 Å². The van der Waals surface area contributed by atoms with Gasteiger partial charge in [0, 0.05) is 55.1 Å². The van der Waals surface area contributed by atoms with E-state index in [2.05, 4.69) is 30.1 Å². The van der Waals surface area contributed by atoms with Crippen LogP contribution in [0.4, 0.5) is 11.6 Å². The molecule has 0 aliphatic rings. The van der Waals surface area contributed by atoms with E-state index in [0.717, 1.165) is 5.56 Å². The largest absolute Gasteiger partial charge is 0.326 e. The van der Waals surface area contributed by atoms with E-state index in [9.17, 15) is 18.0 Å². The van der Waals surface area contributed by atoms with Gasteiger partial charge in [0.1, 0.15) is 0 Å². The molecule has 11 nitrogen and oxygen atoms in total. The molecule has 0 spiro atoms. The van der Waals surface area contributed by atoms with Crippen LogP contribution in [0, 0.1) is 0 Å². The minimum Gasteiger partial charge on any atom is -0.326 e. The number of carbonyl (C=O) groups is 1. The molecule has 0 atom stereocenters. The van der Waals surface area contributed by atoms with Crippen molar-refractivity contribution in [3.8, 4) is 11.3 Å². The molecule has 0 unspecified atom stereocenters. The third-order valence-electron chi connectivity index (χ3n) is 4.86. The maximum atomic E-state index is 12.4. The first kappa shape index (κ1) is 23.7. The summed E-state index contributed by atoms with van der Waals surface area (Å²) in [6.45, 7) is 0.273. The minimum absolute atomic E-state index is 0.00230. The highest BCUT2D eigenvalue weighted by molar-refractivity contribution is 7.92. The van der Waals surface area contributed by atoms with Crippen LogP contribution in [-0.4, -0.2) is 39.1 Å². The Labute approximate surface area is 201 Å². The summed E-state index contributed by atoms with van der Waals surface area (Å²) in [4.78, 5) is 36.1. The number of anilines is 2. The molecule has 35 heavy (non-hydrogen) atoms. The second kappa shape index (κ2) is 10.7. The average molecular weight is 492 g/mol. The van der Waals surface area contributed by atoms with Crippen LogP contribution < -0.4 is 15.6 Å². The highest BCUT2D eigenvalue weighted by Gasteiger charge is 2.15. The van der Waals surface area contributed by atoms with Crippen LogP contribution in [-0.2, 0) is 21.4 Å². The molecule has 3 heterocycles. The highest BCUT2D eigenvalue weighted by atomic mass is 32.2. The van der Waals surface area contributed by atoms with Crippen molar-refractivity contribution in [3.05, 3.63) is 89.7 Å². The smallest absolute Gasteiger partial charge is 0.266 e. The van der Waals surface area contributed by atoms with Crippen LogP contribution in [0.25, 0.3) is 11.3 Å². The fourth-order valence-corrected chi connectivity index (χ4v) is 4.10. The third kappa shape index (κ3) is 6.32. The quantitative estimate of drug-likeness (QED) is 0.362. The maximum absolute atomic E-state index is 12.4. The fraction of sp³-hybridized carbons (Fsp3) is 0.130. The Morgan fingerprint density at radius 2 is 1.63 bits per heavy atom. The predicted molar refractivity (Wildman–Crippen MR) is 129 cm³/mol. The van der Waals surface area contributed by atoms with Gasteiger partial charge in [-0.05, 0) is 55.0 Å². The van der Waals surface area contributed by atoms with E-state index >= 15 is 0 Å². The van der Waals surface area contributed by atoms with E-state index in [1.165, 1.54) is 47.4 Å². The van der Waals surface area contributed by atoms with Crippen molar-refractivity contribution in [2.24, 2.45) is 0 Å². The summed E-state index contributed by atoms with van der Waals surface area (Å²) in [6, 6.07) is 14.0. The molecule has 4 aromatic rings. The normalized spacial score (nSPS) is 11.1. The number of aryl methyl sites for hydroxylation is 1. The zero-order valence-corrected chi connectivity index (χ0v) is 19.2. The number of hydrogen-bond acceptors (Lipinski definition) is 8. The van der Waals surface area contributed by atoms with Crippen LogP contribution in [0.3, 0.4) is 0 Å². The number of nitrogens with one attached hydrogen (secondary N) is 2. The Kier molecular flexibility index (Phi) is 7.21. The molecule has 2 N–H and O–H groups in total. The lowest BCUT2D eigenvalue weighted by atomic mass is 10.2. The van der Waals surface area contributed by atoms with Gasteiger partial charge in [0.25, 0.3) is 15.6 Å². The molecule has 178 valence electrons. The maximum Gasteiger partial charge on any atom is 0.266 e. The molecule has 0 aliphatic carbocycles. The number of carbonyl (C=O) groups excluding carboxylic acids is 1. The van der Waals surface area contributed by atoms with E-state index in [4.69, 9.17) is 0 Å². The van der Waals surface area contributed by atoms with Crippen LogP contribution in [0.1, 0.15) is 12.8 Å². The van der Waals surface area contributed by atoms with Gasteiger partial charge in [-0.2, -0.15) is 5.10 Å². The lowest BCUT2D eigenvalue weighted by molar-refractivity contribution is -0.116. The van der Waals surface area contributed by atoms with Crippen LogP contribution in [0.2, 0.25) is 0 Å². The Balaban J connectivity index is 1.31. The van der Waals surface area contributed by atoms with Crippen LogP contribution >= 0.6 is 0 Å². The van der Waals surface area contributed by atoms with Crippen molar-refractivity contribution in [1.29, 1.82) is 0 Å². The lowest BCUT2D eigenvalue weighted by Gasteiger charge is -2.09. The minimum atomic E-state index is -3.86. The molecule has 1 aromatic carbocycles. The van der Waals surface area contributed by atoms with Gasteiger partial charge < -0.3 is 5.32 Å². The summed E-state index contributed by atoms with van der Waals surface area (Å²) in [5.41, 5.74) is 1.66. The summed E-state index contributed by atoms with van der Waals surface area (Å²) in [5, 5.41) is 7.07. The summed E-state index contributed by atoms with van der Waals surface area (Å²) < 4.78 is 28.5. The van der Waals surface area contributed by atoms with E-state index in [0.29, 0.717) is 17.8 Å².